The van der Waals surface area contributed by atoms with Crippen LogP contribution in [0.5, 0.6) is 0 Å². The summed E-state index contributed by atoms with van der Waals surface area (Å²) < 4.78 is 0. The molecule has 0 fully saturated rings. The van der Waals surface area contributed by atoms with E-state index < -0.39 is 0 Å². The first kappa shape index (κ1) is 9.90. The van der Waals surface area contributed by atoms with Crippen LogP contribution in [0.25, 0.3) is 0 Å². The van der Waals surface area contributed by atoms with Crippen molar-refractivity contribution in [1.82, 2.24) is 4.90 Å². The van der Waals surface area contributed by atoms with E-state index in [1.54, 1.807) is 23.1 Å². The van der Waals surface area contributed by atoms with Crippen molar-refractivity contribution in [2.75, 3.05) is 6.54 Å². The van der Waals surface area contributed by atoms with Gasteiger partial charge in [0.1, 0.15) is 0 Å². The van der Waals surface area contributed by atoms with Crippen molar-refractivity contribution in [1.29, 1.82) is 0 Å². The third-order valence-corrected chi connectivity index (χ3v) is 2.60. The molecule has 0 aromatic heterocycles. The fraction of sp³-hybridized carbons (Fsp3) is 0.333. The first-order valence-electron chi connectivity index (χ1n) is 5.06. The Bertz CT molecular complexity index is 412. The number of carbonyl (C=O) groups is 1. The highest BCUT2D eigenvalue weighted by Gasteiger charge is 2.26. The predicted octanol–water partition coefficient (Wildman–Crippen LogP) is 1.51. The van der Waals surface area contributed by atoms with Gasteiger partial charge in [0.2, 0.25) is 6.29 Å². The minimum atomic E-state index is 0.0734. The van der Waals surface area contributed by atoms with Gasteiger partial charge in [-0.15, -0.1) is 0 Å². The van der Waals surface area contributed by atoms with Gasteiger partial charge in [0.25, 0.3) is 5.91 Å². The van der Waals surface area contributed by atoms with Crippen LogP contribution < -0.4 is 0 Å². The molecule has 1 heterocycles. The molecule has 77 valence electrons. The molecule has 0 saturated heterocycles. The van der Waals surface area contributed by atoms with Crippen LogP contribution in [0.2, 0.25) is 0 Å². The highest BCUT2D eigenvalue weighted by molar-refractivity contribution is 5.99. The molecule has 3 nitrogen and oxygen atoms in total. The normalized spacial score (nSPS) is 14.2. The lowest BCUT2D eigenvalue weighted by molar-refractivity contribution is 0.0778. The summed E-state index contributed by atoms with van der Waals surface area (Å²) in [4.78, 5) is 24.1. The fourth-order valence-electron chi connectivity index (χ4n) is 1.89. The number of carbonyl (C=O) groups excluding carboxylic acids is 2. The second-order valence-electron chi connectivity index (χ2n) is 3.70. The molecule has 1 amide bonds. The molecule has 3 heteroatoms. The highest BCUT2D eigenvalue weighted by atomic mass is 16.2. The van der Waals surface area contributed by atoms with Crippen molar-refractivity contribution < 1.29 is 9.59 Å². The maximum atomic E-state index is 11.8. The lowest BCUT2D eigenvalue weighted by Gasteiger charge is -2.13. The van der Waals surface area contributed by atoms with Gasteiger partial charge in [-0.25, -0.2) is 0 Å². The summed E-state index contributed by atoms with van der Waals surface area (Å²) in [5.74, 6) is 0.0734. The molecule has 0 aliphatic carbocycles. The number of benzene rings is 1. The van der Waals surface area contributed by atoms with Crippen molar-refractivity contribution in [3.8, 4) is 0 Å². The first-order valence-corrected chi connectivity index (χ1v) is 5.06. The van der Waals surface area contributed by atoms with E-state index in [0.717, 1.165) is 24.1 Å². The van der Waals surface area contributed by atoms with E-state index in [9.17, 15) is 9.59 Å². The Labute approximate surface area is 88.7 Å². The van der Waals surface area contributed by atoms with Gasteiger partial charge >= 0.3 is 0 Å². The predicted molar refractivity (Wildman–Crippen MR) is 56.3 cm³/mol. The quantitative estimate of drug-likeness (QED) is 0.745. The number of nitrogens with zero attached hydrogens (tertiary/aromatic N) is 1. The standard InChI is InChI=1S/C12H12NO2/c1-2-5-13-7-10-6-9(8-14)3-4-11(10)12(13)15/h3-4,6H,2,5,7H2,1H3. The van der Waals surface area contributed by atoms with Gasteiger partial charge in [-0.3, -0.25) is 9.59 Å². The third-order valence-electron chi connectivity index (χ3n) is 2.60. The second-order valence-corrected chi connectivity index (χ2v) is 3.70. The molecular formula is C12H12NO2. The maximum absolute atomic E-state index is 11.8. The number of hydrogen-bond acceptors (Lipinski definition) is 2. The molecule has 0 bridgehead atoms. The molecule has 1 aromatic carbocycles. The van der Waals surface area contributed by atoms with Crippen LogP contribution in [0.15, 0.2) is 18.2 Å². The summed E-state index contributed by atoms with van der Waals surface area (Å²) in [6.07, 6.45) is 2.79. The minimum Gasteiger partial charge on any atom is -0.334 e. The second kappa shape index (κ2) is 3.85. The summed E-state index contributed by atoms with van der Waals surface area (Å²) in [5, 5.41) is 0. The minimum absolute atomic E-state index is 0.0734. The number of amides is 1. The van der Waals surface area contributed by atoms with Crippen LogP contribution in [0.1, 0.15) is 34.8 Å². The van der Waals surface area contributed by atoms with E-state index >= 15 is 0 Å². The molecule has 2 rings (SSSR count). The van der Waals surface area contributed by atoms with Crippen LogP contribution in [-0.2, 0) is 11.3 Å². The SMILES string of the molecule is CCCN1Cc2cc([C]=O)ccc2C1=O. The topological polar surface area (TPSA) is 37.4 Å². The van der Waals surface area contributed by atoms with Gasteiger partial charge in [-0.2, -0.15) is 0 Å². The molecule has 1 aliphatic heterocycles. The third kappa shape index (κ3) is 1.65. The van der Waals surface area contributed by atoms with Gasteiger partial charge < -0.3 is 4.90 Å². The maximum Gasteiger partial charge on any atom is 0.254 e. The summed E-state index contributed by atoms with van der Waals surface area (Å²) >= 11 is 0. The Kier molecular flexibility index (Phi) is 2.54. The van der Waals surface area contributed by atoms with Crippen molar-refractivity contribution in [2.24, 2.45) is 0 Å². The molecule has 1 aromatic rings. The van der Waals surface area contributed by atoms with Gasteiger partial charge in [0, 0.05) is 24.2 Å². The van der Waals surface area contributed by atoms with Crippen LogP contribution >= 0.6 is 0 Å². The van der Waals surface area contributed by atoms with Gasteiger partial charge in [0.15, 0.2) is 0 Å². The lowest BCUT2D eigenvalue weighted by Crippen LogP contribution is -2.24. The lowest BCUT2D eigenvalue weighted by atomic mass is 10.1. The van der Waals surface area contributed by atoms with E-state index in [-0.39, 0.29) is 5.91 Å². The van der Waals surface area contributed by atoms with Crippen molar-refractivity contribution >= 4 is 12.2 Å². The molecular weight excluding hydrogens is 190 g/mol. The van der Waals surface area contributed by atoms with Crippen molar-refractivity contribution in [3.05, 3.63) is 34.9 Å². The zero-order chi connectivity index (χ0) is 10.8. The Morgan fingerprint density at radius 1 is 1.47 bits per heavy atom. The molecule has 0 spiro atoms. The van der Waals surface area contributed by atoms with E-state index in [1.807, 2.05) is 13.2 Å². The van der Waals surface area contributed by atoms with Crippen LogP contribution in [0.4, 0.5) is 0 Å². The van der Waals surface area contributed by atoms with E-state index in [0.29, 0.717) is 12.1 Å². The summed E-state index contributed by atoms with van der Waals surface area (Å²) in [7, 11) is 0. The molecule has 0 saturated carbocycles. The van der Waals surface area contributed by atoms with Crippen LogP contribution in [0.3, 0.4) is 0 Å². The Hall–Kier alpha value is -1.64. The van der Waals surface area contributed by atoms with Crippen molar-refractivity contribution in [2.45, 2.75) is 19.9 Å². The van der Waals surface area contributed by atoms with Crippen LogP contribution in [-0.4, -0.2) is 23.6 Å². The largest absolute Gasteiger partial charge is 0.334 e. The summed E-state index contributed by atoms with van der Waals surface area (Å²) in [6, 6.07) is 5.10. The Morgan fingerprint density at radius 3 is 2.93 bits per heavy atom. The van der Waals surface area contributed by atoms with E-state index in [1.165, 1.54) is 0 Å². The summed E-state index contributed by atoms with van der Waals surface area (Å²) in [6.45, 7) is 3.44. The zero-order valence-electron chi connectivity index (χ0n) is 8.62. The fourth-order valence-corrected chi connectivity index (χ4v) is 1.89. The van der Waals surface area contributed by atoms with Crippen molar-refractivity contribution in [3.63, 3.8) is 0 Å². The van der Waals surface area contributed by atoms with Gasteiger partial charge in [-0.05, 0) is 24.1 Å². The number of hydrogen-bond donors (Lipinski definition) is 0. The molecule has 0 N–H and O–H groups in total. The Morgan fingerprint density at radius 2 is 2.27 bits per heavy atom. The zero-order valence-corrected chi connectivity index (χ0v) is 8.62. The molecule has 0 atom stereocenters. The van der Waals surface area contributed by atoms with E-state index in [2.05, 4.69) is 0 Å². The van der Waals surface area contributed by atoms with E-state index in [4.69, 9.17) is 0 Å². The molecule has 1 radical (unpaired) electrons. The average Bonchev–Trinajstić information content (AvgIpc) is 2.56. The Balaban J connectivity index is 2.32. The molecule has 15 heavy (non-hydrogen) atoms. The average molecular weight is 202 g/mol. The van der Waals surface area contributed by atoms with Gasteiger partial charge in [-0.1, -0.05) is 13.0 Å². The molecule has 0 unspecified atom stereocenters. The van der Waals surface area contributed by atoms with Crippen LogP contribution in [0, 0.1) is 0 Å². The first-order chi connectivity index (χ1) is 7.26. The summed E-state index contributed by atoms with van der Waals surface area (Å²) in [5.41, 5.74) is 2.18. The highest BCUT2D eigenvalue weighted by Crippen LogP contribution is 2.23. The number of rotatable bonds is 3. The number of fused-ring (bicyclic) bond motifs is 1. The molecule has 1 aliphatic rings. The smallest absolute Gasteiger partial charge is 0.254 e. The monoisotopic (exact) mass is 202 g/mol. The van der Waals surface area contributed by atoms with Gasteiger partial charge in [0.05, 0.1) is 0 Å².